The van der Waals surface area contributed by atoms with Gasteiger partial charge in [-0.25, -0.2) is 4.68 Å². The van der Waals surface area contributed by atoms with Crippen LogP contribution in [0.2, 0.25) is 0 Å². The van der Waals surface area contributed by atoms with Gasteiger partial charge < -0.3 is 5.73 Å². The molecule has 1 aromatic heterocycles. The number of thioether (sulfide) groups is 1. The Labute approximate surface area is 92.5 Å². The number of hydrogen-bond donors (Lipinski definition) is 1. The lowest BCUT2D eigenvalue weighted by Gasteiger charge is -2.03. The van der Waals surface area contributed by atoms with E-state index in [9.17, 15) is 0 Å². The summed E-state index contributed by atoms with van der Waals surface area (Å²) in [4.78, 5) is 1.23. The van der Waals surface area contributed by atoms with E-state index in [2.05, 4.69) is 22.4 Å². The van der Waals surface area contributed by atoms with Gasteiger partial charge in [-0.05, 0) is 37.4 Å². The number of nitrogens with two attached hydrogens (primary N) is 1. The lowest BCUT2D eigenvalue weighted by atomic mass is 10.3. The summed E-state index contributed by atoms with van der Waals surface area (Å²) in [5.74, 6) is 0.476. The van der Waals surface area contributed by atoms with Crippen molar-refractivity contribution in [1.29, 1.82) is 0 Å². The smallest absolute Gasteiger partial charge is 0.169 e. The molecule has 2 aromatic rings. The van der Waals surface area contributed by atoms with Crippen molar-refractivity contribution in [3.05, 3.63) is 30.0 Å². The van der Waals surface area contributed by atoms with E-state index in [0.29, 0.717) is 5.82 Å². The number of rotatable bonds is 2. The van der Waals surface area contributed by atoms with E-state index in [1.807, 2.05) is 25.3 Å². The Morgan fingerprint density at radius 2 is 1.93 bits per heavy atom. The van der Waals surface area contributed by atoms with Crippen molar-refractivity contribution in [3.63, 3.8) is 0 Å². The molecule has 5 heteroatoms. The zero-order chi connectivity index (χ0) is 10.8. The fourth-order valence-corrected chi connectivity index (χ4v) is 1.72. The molecule has 0 aliphatic heterocycles. The highest BCUT2D eigenvalue weighted by Crippen LogP contribution is 2.18. The van der Waals surface area contributed by atoms with Gasteiger partial charge in [-0.15, -0.1) is 16.9 Å². The minimum Gasteiger partial charge on any atom is -0.381 e. The monoisotopic (exact) mass is 220 g/mol. The summed E-state index contributed by atoms with van der Waals surface area (Å²) < 4.78 is 1.74. The summed E-state index contributed by atoms with van der Waals surface area (Å²) in [6.45, 7) is 1.90. The molecular formula is C10H12N4S. The Kier molecular flexibility index (Phi) is 2.64. The van der Waals surface area contributed by atoms with Crippen LogP contribution in [0.15, 0.2) is 29.2 Å². The van der Waals surface area contributed by atoms with Crippen molar-refractivity contribution in [2.24, 2.45) is 0 Å². The largest absolute Gasteiger partial charge is 0.381 e. The number of benzene rings is 1. The molecule has 0 saturated carbocycles. The first-order valence-corrected chi connectivity index (χ1v) is 5.77. The van der Waals surface area contributed by atoms with Gasteiger partial charge in [0.1, 0.15) is 0 Å². The molecule has 0 radical (unpaired) electrons. The van der Waals surface area contributed by atoms with Gasteiger partial charge in [0.05, 0.1) is 11.4 Å². The Morgan fingerprint density at radius 3 is 2.40 bits per heavy atom. The summed E-state index contributed by atoms with van der Waals surface area (Å²) in [5.41, 5.74) is 7.48. The van der Waals surface area contributed by atoms with Crippen molar-refractivity contribution in [3.8, 4) is 5.69 Å². The summed E-state index contributed by atoms with van der Waals surface area (Å²) in [7, 11) is 0. The second kappa shape index (κ2) is 3.94. The zero-order valence-electron chi connectivity index (χ0n) is 8.64. The summed E-state index contributed by atoms with van der Waals surface area (Å²) in [6.07, 6.45) is 2.05. The maximum atomic E-state index is 5.64. The third-order valence-electron chi connectivity index (χ3n) is 2.25. The van der Waals surface area contributed by atoms with E-state index >= 15 is 0 Å². The fourth-order valence-electron chi connectivity index (χ4n) is 1.31. The number of nitrogens with zero attached hydrogens (tertiary/aromatic N) is 3. The van der Waals surface area contributed by atoms with Crippen molar-refractivity contribution in [2.45, 2.75) is 11.8 Å². The maximum Gasteiger partial charge on any atom is 0.169 e. The van der Waals surface area contributed by atoms with E-state index < -0.39 is 0 Å². The van der Waals surface area contributed by atoms with Gasteiger partial charge in [0.25, 0.3) is 0 Å². The van der Waals surface area contributed by atoms with Gasteiger partial charge in [-0.2, -0.15) is 0 Å². The molecule has 78 valence electrons. The molecule has 1 heterocycles. The average Bonchev–Trinajstić information content (AvgIpc) is 2.60. The molecule has 4 nitrogen and oxygen atoms in total. The summed E-state index contributed by atoms with van der Waals surface area (Å²) in [5, 5.41) is 7.80. The fraction of sp³-hybridized carbons (Fsp3) is 0.200. The second-order valence-electron chi connectivity index (χ2n) is 3.17. The van der Waals surface area contributed by atoms with Crippen LogP contribution in [0.1, 0.15) is 5.69 Å². The van der Waals surface area contributed by atoms with Crippen molar-refractivity contribution in [2.75, 3.05) is 12.0 Å². The third-order valence-corrected chi connectivity index (χ3v) is 2.99. The standard InChI is InChI=1S/C10H12N4S/c1-7-10(11)12-13-14(7)8-3-5-9(15-2)6-4-8/h3-6H,11H2,1-2H3. The lowest BCUT2D eigenvalue weighted by Crippen LogP contribution is -1.99. The molecule has 2 rings (SSSR count). The predicted molar refractivity (Wildman–Crippen MR) is 62.3 cm³/mol. The van der Waals surface area contributed by atoms with E-state index in [1.165, 1.54) is 4.90 Å². The topological polar surface area (TPSA) is 56.7 Å². The van der Waals surface area contributed by atoms with Crippen LogP contribution >= 0.6 is 11.8 Å². The molecule has 0 aliphatic rings. The first-order chi connectivity index (χ1) is 7.22. The van der Waals surface area contributed by atoms with Gasteiger partial charge in [0.15, 0.2) is 5.82 Å². The Morgan fingerprint density at radius 1 is 1.27 bits per heavy atom. The highest BCUT2D eigenvalue weighted by atomic mass is 32.2. The Hall–Kier alpha value is -1.49. The van der Waals surface area contributed by atoms with Crippen LogP contribution in [0.25, 0.3) is 5.69 Å². The average molecular weight is 220 g/mol. The number of nitrogen functional groups attached to an aromatic ring is 1. The first-order valence-electron chi connectivity index (χ1n) is 4.54. The van der Waals surface area contributed by atoms with E-state index in [4.69, 9.17) is 5.73 Å². The molecule has 0 aliphatic carbocycles. The minimum atomic E-state index is 0.476. The van der Waals surface area contributed by atoms with Crippen LogP contribution in [0.5, 0.6) is 0 Å². The van der Waals surface area contributed by atoms with Crippen molar-refractivity contribution < 1.29 is 0 Å². The normalized spacial score (nSPS) is 10.5. The van der Waals surface area contributed by atoms with Crippen LogP contribution in [0, 0.1) is 6.92 Å². The van der Waals surface area contributed by atoms with Gasteiger partial charge in [-0.3, -0.25) is 0 Å². The highest BCUT2D eigenvalue weighted by Gasteiger charge is 2.06. The maximum absolute atomic E-state index is 5.64. The molecular weight excluding hydrogens is 208 g/mol. The van der Waals surface area contributed by atoms with E-state index in [1.54, 1.807) is 16.4 Å². The highest BCUT2D eigenvalue weighted by molar-refractivity contribution is 7.98. The van der Waals surface area contributed by atoms with Crippen LogP contribution in [0.4, 0.5) is 5.82 Å². The lowest BCUT2D eigenvalue weighted by molar-refractivity contribution is 0.784. The third kappa shape index (κ3) is 1.83. The molecule has 15 heavy (non-hydrogen) atoms. The van der Waals surface area contributed by atoms with Crippen LogP contribution < -0.4 is 5.73 Å². The van der Waals surface area contributed by atoms with Crippen LogP contribution in [0.3, 0.4) is 0 Å². The molecule has 1 aromatic carbocycles. The number of aromatic nitrogens is 3. The molecule has 2 N–H and O–H groups in total. The first kappa shape index (κ1) is 10.0. The van der Waals surface area contributed by atoms with E-state index in [-0.39, 0.29) is 0 Å². The molecule has 0 saturated heterocycles. The van der Waals surface area contributed by atoms with Crippen LogP contribution in [-0.2, 0) is 0 Å². The van der Waals surface area contributed by atoms with Crippen LogP contribution in [-0.4, -0.2) is 21.2 Å². The Bertz CT molecular complexity index is 461. The molecule has 0 spiro atoms. The van der Waals surface area contributed by atoms with Gasteiger partial charge in [0.2, 0.25) is 0 Å². The quantitative estimate of drug-likeness (QED) is 0.785. The molecule has 0 unspecified atom stereocenters. The summed E-state index contributed by atoms with van der Waals surface area (Å²) >= 11 is 1.71. The van der Waals surface area contributed by atoms with Gasteiger partial charge in [-0.1, -0.05) is 5.21 Å². The van der Waals surface area contributed by atoms with Crippen molar-refractivity contribution in [1.82, 2.24) is 15.0 Å². The molecule has 0 bridgehead atoms. The van der Waals surface area contributed by atoms with E-state index in [0.717, 1.165) is 11.4 Å². The summed E-state index contributed by atoms with van der Waals surface area (Å²) in [6, 6.07) is 8.12. The van der Waals surface area contributed by atoms with Gasteiger partial charge in [0, 0.05) is 4.90 Å². The van der Waals surface area contributed by atoms with Crippen molar-refractivity contribution >= 4 is 17.6 Å². The number of hydrogen-bond acceptors (Lipinski definition) is 4. The number of anilines is 1. The SMILES string of the molecule is CSc1ccc(-n2nnc(N)c2C)cc1. The van der Waals surface area contributed by atoms with Gasteiger partial charge >= 0.3 is 0 Å². The minimum absolute atomic E-state index is 0.476. The second-order valence-corrected chi connectivity index (χ2v) is 4.05. The Balaban J connectivity index is 2.41. The molecule has 0 amide bonds. The zero-order valence-corrected chi connectivity index (χ0v) is 9.45. The predicted octanol–water partition coefficient (Wildman–Crippen LogP) is 1.88. The molecule has 0 atom stereocenters. The molecule has 0 fully saturated rings.